The first-order valence-electron chi connectivity index (χ1n) is 12.3. The number of nitrogens with one attached hydrogen (secondary N) is 1. The third-order valence-electron chi connectivity index (χ3n) is 6.88. The lowest BCUT2D eigenvalue weighted by atomic mass is 10.1. The van der Waals surface area contributed by atoms with Crippen LogP contribution in [0.1, 0.15) is 37.3 Å². The zero-order chi connectivity index (χ0) is 23.3. The smallest absolute Gasteiger partial charge is 0.201 e. The largest absolute Gasteiger partial charge is 0.494 e. The molecular weight excluding hydrogens is 431 g/mol. The lowest BCUT2D eigenvalue weighted by Gasteiger charge is -2.25. The Morgan fingerprint density at radius 2 is 1.88 bits per heavy atom. The second-order valence-corrected chi connectivity index (χ2v) is 9.25. The van der Waals surface area contributed by atoms with Crippen LogP contribution >= 0.6 is 0 Å². The van der Waals surface area contributed by atoms with Crippen LogP contribution in [-0.4, -0.2) is 66.3 Å². The first-order valence-corrected chi connectivity index (χ1v) is 12.3. The van der Waals surface area contributed by atoms with Gasteiger partial charge in [-0.25, -0.2) is 4.39 Å². The number of hydrogen-bond donors (Lipinski definition) is 2. The lowest BCUT2D eigenvalue weighted by Crippen LogP contribution is -2.29. The summed E-state index contributed by atoms with van der Waals surface area (Å²) < 4.78 is 21.2. The van der Waals surface area contributed by atoms with Crippen molar-refractivity contribution in [2.75, 3.05) is 39.3 Å². The number of halogens is 1. The number of aromatic hydroxyl groups is 1. The van der Waals surface area contributed by atoms with Crippen LogP contribution in [-0.2, 0) is 0 Å². The van der Waals surface area contributed by atoms with Crippen LogP contribution in [0.3, 0.4) is 0 Å². The number of benzene rings is 2. The van der Waals surface area contributed by atoms with E-state index in [1.165, 1.54) is 0 Å². The van der Waals surface area contributed by atoms with Crippen LogP contribution < -0.4 is 10.1 Å². The van der Waals surface area contributed by atoms with E-state index in [9.17, 15) is 9.50 Å². The van der Waals surface area contributed by atoms with E-state index in [2.05, 4.69) is 25.8 Å². The molecule has 3 heterocycles. The summed E-state index contributed by atoms with van der Waals surface area (Å²) in [6, 6.07) is 16.1. The standard InChI is InChI=1S/C27H33FN4O2/c28-20-12-16-31(19-20)15-3-17-34-23-8-6-21(7-9-23)30-18-25-24-4-1-2-5-26(24)32(27(25)33)22-10-13-29-14-11-22/h1-2,4-9,18,20,22,29,33H,3,10-17,19H2. The molecule has 6 nitrogen and oxygen atoms in total. The molecule has 7 heteroatoms. The summed E-state index contributed by atoms with van der Waals surface area (Å²) in [7, 11) is 0. The van der Waals surface area contributed by atoms with E-state index in [4.69, 9.17) is 4.74 Å². The lowest BCUT2D eigenvalue weighted by molar-refractivity contribution is 0.248. The van der Waals surface area contributed by atoms with Gasteiger partial charge in [-0.2, -0.15) is 0 Å². The summed E-state index contributed by atoms with van der Waals surface area (Å²) in [6.45, 7) is 4.81. The monoisotopic (exact) mass is 464 g/mol. The van der Waals surface area contributed by atoms with E-state index in [1.807, 2.05) is 42.5 Å². The molecule has 0 spiro atoms. The zero-order valence-corrected chi connectivity index (χ0v) is 19.5. The molecule has 2 aromatic carbocycles. The van der Waals surface area contributed by atoms with Crippen molar-refractivity contribution in [2.45, 2.75) is 37.9 Å². The fourth-order valence-corrected chi connectivity index (χ4v) is 5.07. The SMILES string of the molecule is Oc1c(C=Nc2ccc(OCCCN3CCC(F)C3)cc2)c2ccccc2n1C1CCNCC1. The Balaban J connectivity index is 1.23. The van der Waals surface area contributed by atoms with Gasteiger partial charge in [0.25, 0.3) is 0 Å². The summed E-state index contributed by atoms with van der Waals surface area (Å²) >= 11 is 0. The van der Waals surface area contributed by atoms with Crippen molar-refractivity contribution in [3.63, 3.8) is 0 Å². The molecule has 34 heavy (non-hydrogen) atoms. The minimum atomic E-state index is -0.669. The maximum absolute atomic E-state index is 13.2. The van der Waals surface area contributed by atoms with Crippen LogP contribution in [0.5, 0.6) is 11.6 Å². The number of likely N-dealkylation sites (tertiary alicyclic amines) is 1. The van der Waals surface area contributed by atoms with Gasteiger partial charge in [0, 0.05) is 37.3 Å². The molecule has 2 aliphatic heterocycles. The number of aliphatic imine (C=N–C) groups is 1. The minimum Gasteiger partial charge on any atom is -0.494 e. The molecule has 0 amide bonds. The number of piperidine rings is 1. The number of ether oxygens (including phenoxy) is 1. The van der Waals surface area contributed by atoms with Gasteiger partial charge in [0.15, 0.2) is 0 Å². The number of alkyl halides is 1. The molecule has 180 valence electrons. The van der Waals surface area contributed by atoms with E-state index in [-0.39, 0.29) is 11.9 Å². The molecule has 0 radical (unpaired) electrons. The van der Waals surface area contributed by atoms with E-state index < -0.39 is 6.17 Å². The second kappa shape index (κ2) is 10.6. The van der Waals surface area contributed by atoms with Crippen molar-refractivity contribution in [1.29, 1.82) is 0 Å². The molecule has 2 N–H and O–H groups in total. The summed E-state index contributed by atoms with van der Waals surface area (Å²) in [5, 5.41) is 15.5. The van der Waals surface area contributed by atoms with Gasteiger partial charge in [0.05, 0.1) is 23.4 Å². The van der Waals surface area contributed by atoms with Gasteiger partial charge in [-0.3, -0.25) is 4.99 Å². The van der Waals surface area contributed by atoms with Crippen LogP contribution in [0, 0.1) is 0 Å². The van der Waals surface area contributed by atoms with E-state index in [0.29, 0.717) is 19.6 Å². The van der Waals surface area contributed by atoms with Gasteiger partial charge in [-0.1, -0.05) is 18.2 Å². The van der Waals surface area contributed by atoms with Crippen molar-refractivity contribution < 1.29 is 14.2 Å². The molecule has 2 aliphatic rings. The normalized spacial score (nSPS) is 20.0. The Morgan fingerprint density at radius 1 is 1.09 bits per heavy atom. The predicted molar refractivity (Wildman–Crippen MR) is 135 cm³/mol. The maximum atomic E-state index is 13.2. The third kappa shape index (κ3) is 5.10. The number of rotatable bonds is 8. The second-order valence-electron chi connectivity index (χ2n) is 9.25. The molecule has 0 bridgehead atoms. The number of aromatic nitrogens is 1. The summed E-state index contributed by atoms with van der Waals surface area (Å²) in [5.74, 6) is 1.09. The number of fused-ring (bicyclic) bond motifs is 1. The van der Waals surface area contributed by atoms with Crippen molar-refractivity contribution in [3.05, 3.63) is 54.1 Å². The molecule has 1 atom stereocenters. The van der Waals surface area contributed by atoms with Crippen molar-refractivity contribution >= 4 is 22.8 Å². The maximum Gasteiger partial charge on any atom is 0.201 e. The average molecular weight is 465 g/mol. The van der Waals surface area contributed by atoms with Crippen LogP contribution in [0.15, 0.2) is 53.5 Å². The summed E-state index contributed by atoms with van der Waals surface area (Å²) in [4.78, 5) is 6.79. The van der Waals surface area contributed by atoms with Gasteiger partial charge >= 0.3 is 0 Å². The molecular formula is C27H33FN4O2. The van der Waals surface area contributed by atoms with E-state index >= 15 is 0 Å². The number of hydrogen-bond acceptors (Lipinski definition) is 5. The van der Waals surface area contributed by atoms with E-state index in [1.54, 1.807) is 6.21 Å². The molecule has 1 unspecified atom stereocenters. The minimum absolute atomic E-state index is 0.286. The molecule has 5 rings (SSSR count). The highest BCUT2D eigenvalue weighted by molar-refractivity contribution is 6.03. The molecule has 1 aromatic heterocycles. The fourth-order valence-electron chi connectivity index (χ4n) is 5.07. The molecule has 3 aromatic rings. The van der Waals surface area contributed by atoms with Crippen LogP contribution in [0.25, 0.3) is 10.9 Å². The molecule has 2 fully saturated rings. The van der Waals surface area contributed by atoms with Crippen molar-refractivity contribution in [1.82, 2.24) is 14.8 Å². The molecule has 0 aliphatic carbocycles. The van der Waals surface area contributed by atoms with Gasteiger partial charge < -0.3 is 24.6 Å². The molecule has 0 saturated carbocycles. The van der Waals surface area contributed by atoms with Gasteiger partial charge in [-0.15, -0.1) is 0 Å². The Bertz CT molecular complexity index is 1120. The first kappa shape index (κ1) is 22.9. The summed E-state index contributed by atoms with van der Waals surface area (Å²) in [6.07, 6.45) is 4.63. The van der Waals surface area contributed by atoms with Crippen molar-refractivity contribution in [3.8, 4) is 11.6 Å². The Hall–Kier alpha value is -2.90. The highest BCUT2D eigenvalue weighted by Gasteiger charge is 2.23. The predicted octanol–water partition coefficient (Wildman–Crippen LogP) is 4.83. The number of nitrogens with zero attached hydrogens (tertiary/aromatic N) is 3. The average Bonchev–Trinajstić information content (AvgIpc) is 3.41. The zero-order valence-electron chi connectivity index (χ0n) is 19.5. The first-order chi connectivity index (χ1) is 16.7. The van der Waals surface area contributed by atoms with Gasteiger partial charge in [0.1, 0.15) is 11.9 Å². The quantitative estimate of drug-likeness (QED) is 0.370. The fraction of sp³-hybridized carbons (Fsp3) is 0.444. The van der Waals surface area contributed by atoms with Crippen LogP contribution in [0.2, 0.25) is 0 Å². The molecule has 2 saturated heterocycles. The third-order valence-corrected chi connectivity index (χ3v) is 6.88. The summed E-state index contributed by atoms with van der Waals surface area (Å²) in [5.41, 5.74) is 2.61. The van der Waals surface area contributed by atoms with E-state index in [0.717, 1.165) is 73.3 Å². The van der Waals surface area contributed by atoms with Gasteiger partial charge in [-0.05, 0) is 69.1 Å². The highest BCUT2D eigenvalue weighted by Crippen LogP contribution is 2.36. The van der Waals surface area contributed by atoms with Crippen molar-refractivity contribution in [2.24, 2.45) is 4.99 Å². The van der Waals surface area contributed by atoms with Crippen LogP contribution in [0.4, 0.5) is 10.1 Å². The Labute approximate surface area is 200 Å². The Morgan fingerprint density at radius 3 is 2.65 bits per heavy atom. The van der Waals surface area contributed by atoms with Gasteiger partial charge in [0.2, 0.25) is 5.88 Å². The highest BCUT2D eigenvalue weighted by atomic mass is 19.1. The Kier molecular flexibility index (Phi) is 7.11. The number of para-hydroxylation sites is 1. The topological polar surface area (TPSA) is 62.0 Å².